The molecule has 0 radical (unpaired) electrons. The van der Waals surface area contributed by atoms with Crippen molar-refractivity contribution in [3.63, 3.8) is 0 Å². The quantitative estimate of drug-likeness (QED) is 0.217. The van der Waals surface area contributed by atoms with Crippen molar-refractivity contribution in [2.45, 2.75) is 19.3 Å². The molecular formula is C18H15F6N7O. The van der Waals surface area contributed by atoms with Crippen molar-refractivity contribution in [1.82, 2.24) is 25.6 Å². The topological polar surface area (TPSA) is 96.6 Å². The summed E-state index contributed by atoms with van der Waals surface area (Å²) >= 11 is 0. The lowest BCUT2D eigenvalue weighted by atomic mass is 10.0. The molecule has 170 valence electrons. The fourth-order valence-electron chi connectivity index (χ4n) is 2.16. The maximum absolute atomic E-state index is 13.0. The smallest absolute Gasteiger partial charge is 0.282 e. The molecule has 1 aromatic heterocycles. The van der Waals surface area contributed by atoms with Crippen molar-refractivity contribution in [3.8, 4) is 11.4 Å². The standard InChI is InChI=1S/C18H15F6N7O/c1-3-14(26-9-25-2)28-29-15(32)4-5-31-10-27-16(30-31)11-6-12(17(19,20)21)8-13(7-11)18(22,23)24/h3-10,28H,2H2,1H3,(H,29,32)/b5-4-,14-3+,26-9?. The number of alkyl halides is 6. The van der Waals surface area contributed by atoms with Gasteiger partial charge < -0.3 is 0 Å². The van der Waals surface area contributed by atoms with E-state index in [-0.39, 0.29) is 11.9 Å². The number of aromatic nitrogens is 3. The van der Waals surface area contributed by atoms with Crippen LogP contribution in [0.1, 0.15) is 18.1 Å². The van der Waals surface area contributed by atoms with Gasteiger partial charge in [0.05, 0.1) is 11.1 Å². The summed E-state index contributed by atoms with van der Waals surface area (Å²) in [5, 5.41) is 3.78. The number of carbonyl (C=O) groups is 1. The minimum atomic E-state index is -5.00. The van der Waals surface area contributed by atoms with Gasteiger partial charge in [0.25, 0.3) is 5.91 Å². The fraction of sp³-hybridized carbons (Fsp3) is 0.167. The Balaban J connectivity index is 2.19. The van der Waals surface area contributed by atoms with E-state index in [0.717, 1.165) is 29.6 Å². The molecule has 2 aromatic rings. The SMILES string of the molecule is C=NC=N/C(=C\C)NNC(=O)/C=C\n1cnc(-c2cc(C(F)(F)F)cc(C(F)(F)F)c2)n1. The number of hydrogen-bond donors (Lipinski definition) is 2. The predicted octanol–water partition coefficient (Wildman–Crippen LogP) is 3.66. The van der Waals surface area contributed by atoms with Crippen LogP contribution in [0.5, 0.6) is 0 Å². The normalized spacial score (nSPS) is 13.0. The Morgan fingerprint density at radius 1 is 1.09 bits per heavy atom. The van der Waals surface area contributed by atoms with Gasteiger partial charge in [0.2, 0.25) is 0 Å². The van der Waals surface area contributed by atoms with Crippen molar-refractivity contribution in [3.05, 3.63) is 53.6 Å². The summed E-state index contributed by atoms with van der Waals surface area (Å²) in [6, 6.07) is 1.02. The van der Waals surface area contributed by atoms with Gasteiger partial charge in [0.1, 0.15) is 18.5 Å². The van der Waals surface area contributed by atoms with Crippen molar-refractivity contribution in [1.29, 1.82) is 0 Å². The van der Waals surface area contributed by atoms with Crippen LogP contribution in [0.3, 0.4) is 0 Å². The monoisotopic (exact) mass is 459 g/mol. The van der Waals surface area contributed by atoms with Crippen molar-refractivity contribution in [2.24, 2.45) is 9.98 Å². The molecule has 8 nitrogen and oxygen atoms in total. The Hall–Kier alpha value is -3.97. The van der Waals surface area contributed by atoms with E-state index in [2.05, 4.69) is 37.6 Å². The van der Waals surface area contributed by atoms with Crippen LogP contribution in [-0.4, -0.2) is 33.7 Å². The lowest BCUT2D eigenvalue weighted by Crippen LogP contribution is -2.35. The number of benzene rings is 1. The summed E-state index contributed by atoms with van der Waals surface area (Å²) in [5.74, 6) is -0.805. The van der Waals surface area contributed by atoms with Gasteiger partial charge in [-0.2, -0.15) is 26.3 Å². The average molecular weight is 459 g/mol. The Labute approximate surface area is 177 Å². The van der Waals surface area contributed by atoms with Crippen LogP contribution in [0.2, 0.25) is 0 Å². The van der Waals surface area contributed by atoms with Crippen molar-refractivity contribution in [2.75, 3.05) is 0 Å². The van der Waals surface area contributed by atoms with E-state index < -0.39 is 40.8 Å². The number of carbonyl (C=O) groups excluding carboxylic acids is 1. The fourth-order valence-corrected chi connectivity index (χ4v) is 2.16. The molecule has 0 atom stereocenters. The van der Waals surface area contributed by atoms with Crippen molar-refractivity contribution < 1.29 is 31.1 Å². The summed E-state index contributed by atoms with van der Waals surface area (Å²) in [6.45, 7) is 4.84. The molecule has 0 unspecified atom stereocenters. The number of allylic oxidation sites excluding steroid dienone is 1. The molecule has 32 heavy (non-hydrogen) atoms. The summed E-state index contributed by atoms with van der Waals surface area (Å²) in [4.78, 5) is 22.7. The first-order valence-electron chi connectivity index (χ1n) is 8.54. The molecular weight excluding hydrogens is 444 g/mol. The van der Waals surface area contributed by atoms with Gasteiger partial charge in [0, 0.05) is 17.8 Å². The van der Waals surface area contributed by atoms with Gasteiger partial charge >= 0.3 is 12.4 Å². The minimum absolute atomic E-state index is 0.00585. The molecule has 0 bridgehead atoms. The first-order valence-corrected chi connectivity index (χ1v) is 8.54. The molecule has 0 aliphatic heterocycles. The molecule has 0 aliphatic rings. The van der Waals surface area contributed by atoms with E-state index >= 15 is 0 Å². The first kappa shape index (κ1) is 24.3. The van der Waals surface area contributed by atoms with Crippen LogP contribution in [-0.2, 0) is 17.1 Å². The molecule has 0 aliphatic carbocycles. The highest BCUT2D eigenvalue weighted by molar-refractivity contribution is 5.89. The molecule has 1 heterocycles. The van der Waals surface area contributed by atoms with E-state index in [1.165, 1.54) is 6.08 Å². The van der Waals surface area contributed by atoms with Gasteiger partial charge in [-0.15, -0.1) is 5.10 Å². The zero-order valence-corrected chi connectivity index (χ0v) is 16.2. The zero-order chi connectivity index (χ0) is 23.9. The number of halogens is 6. The molecule has 2 rings (SSSR count). The molecule has 1 amide bonds. The summed E-state index contributed by atoms with van der Waals surface area (Å²) in [6.07, 6.45) is -4.24. The molecule has 1 aromatic carbocycles. The van der Waals surface area contributed by atoms with Crippen LogP contribution in [0, 0.1) is 0 Å². The van der Waals surface area contributed by atoms with Crippen LogP contribution >= 0.6 is 0 Å². The highest BCUT2D eigenvalue weighted by Crippen LogP contribution is 2.37. The molecule has 14 heteroatoms. The van der Waals surface area contributed by atoms with Gasteiger partial charge in [0.15, 0.2) is 5.82 Å². The number of nitrogens with one attached hydrogen (secondary N) is 2. The third kappa shape index (κ3) is 6.78. The Kier molecular flexibility index (Phi) is 7.51. The molecule has 0 saturated carbocycles. The molecule has 2 N–H and O–H groups in total. The zero-order valence-electron chi connectivity index (χ0n) is 16.2. The van der Waals surface area contributed by atoms with Crippen LogP contribution in [0.4, 0.5) is 26.3 Å². The minimum Gasteiger partial charge on any atom is -0.282 e. The summed E-state index contributed by atoms with van der Waals surface area (Å²) in [7, 11) is 0. The van der Waals surface area contributed by atoms with Crippen LogP contribution < -0.4 is 10.9 Å². The van der Waals surface area contributed by atoms with E-state index in [9.17, 15) is 31.1 Å². The van der Waals surface area contributed by atoms with Gasteiger partial charge in [-0.25, -0.2) is 14.7 Å². The highest BCUT2D eigenvalue weighted by Gasteiger charge is 2.37. The van der Waals surface area contributed by atoms with E-state index in [1.54, 1.807) is 6.92 Å². The maximum atomic E-state index is 13.0. The first-order chi connectivity index (χ1) is 14.9. The largest absolute Gasteiger partial charge is 0.416 e. The number of hydrogen-bond acceptors (Lipinski definition) is 5. The number of hydrazine groups is 1. The predicted molar refractivity (Wildman–Crippen MR) is 104 cm³/mol. The van der Waals surface area contributed by atoms with E-state index in [1.807, 2.05) is 0 Å². The third-order valence-electron chi connectivity index (χ3n) is 3.60. The summed E-state index contributed by atoms with van der Waals surface area (Å²) in [5.41, 5.74) is 1.27. The van der Waals surface area contributed by atoms with Crippen LogP contribution in [0.15, 0.2) is 52.5 Å². The van der Waals surface area contributed by atoms with E-state index in [0.29, 0.717) is 12.1 Å². The lowest BCUT2D eigenvalue weighted by molar-refractivity contribution is -0.143. The highest BCUT2D eigenvalue weighted by atomic mass is 19.4. The number of nitrogens with zero attached hydrogens (tertiary/aromatic N) is 5. The molecule has 0 spiro atoms. The second kappa shape index (κ2) is 9.89. The van der Waals surface area contributed by atoms with Gasteiger partial charge in [-0.05, 0) is 37.9 Å². The maximum Gasteiger partial charge on any atom is 0.416 e. The Bertz CT molecular complexity index is 1030. The third-order valence-corrected chi connectivity index (χ3v) is 3.60. The van der Waals surface area contributed by atoms with Gasteiger partial charge in [-0.1, -0.05) is 0 Å². The van der Waals surface area contributed by atoms with E-state index in [4.69, 9.17) is 0 Å². The molecule has 0 fully saturated rings. The average Bonchev–Trinajstić information content (AvgIpc) is 3.20. The number of amides is 1. The second-order valence-corrected chi connectivity index (χ2v) is 5.87. The summed E-state index contributed by atoms with van der Waals surface area (Å²) < 4.78 is 78.9. The molecule has 0 saturated heterocycles. The Morgan fingerprint density at radius 3 is 2.25 bits per heavy atom. The number of rotatable bonds is 7. The van der Waals surface area contributed by atoms with Crippen LogP contribution in [0.25, 0.3) is 17.6 Å². The lowest BCUT2D eigenvalue weighted by Gasteiger charge is -2.13. The van der Waals surface area contributed by atoms with Crippen molar-refractivity contribution >= 4 is 25.2 Å². The second-order valence-electron chi connectivity index (χ2n) is 5.87. The van der Waals surface area contributed by atoms with Gasteiger partial charge in [-0.3, -0.25) is 20.6 Å². The number of aliphatic imine (C=N–C) groups is 2. The Morgan fingerprint density at radius 2 is 1.72 bits per heavy atom.